The van der Waals surface area contributed by atoms with Crippen LogP contribution in [0.3, 0.4) is 0 Å². The van der Waals surface area contributed by atoms with E-state index in [1.165, 1.54) is 0 Å². The van der Waals surface area contributed by atoms with Crippen molar-refractivity contribution in [1.82, 2.24) is 4.90 Å². The highest BCUT2D eigenvalue weighted by molar-refractivity contribution is 5.80. The van der Waals surface area contributed by atoms with Crippen LogP contribution in [-0.4, -0.2) is 41.5 Å². The number of carboxylic acids is 1. The van der Waals surface area contributed by atoms with Gasteiger partial charge in [0.05, 0.1) is 5.41 Å². The predicted octanol–water partition coefficient (Wildman–Crippen LogP) is 1.85. The van der Waals surface area contributed by atoms with Crippen LogP contribution in [0, 0.1) is 17.3 Å². The Morgan fingerprint density at radius 2 is 1.95 bits per heavy atom. The Kier molecular flexibility index (Phi) is 5.25. The number of rotatable bonds is 5. The van der Waals surface area contributed by atoms with Gasteiger partial charge in [-0.05, 0) is 44.6 Å². The van der Waals surface area contributed by atoms with E-state index in [1.54, 1.807) is 0 Å². The minimum Gasteiger partial charge on any atom is -0.481 e. The first-order chi connectivity index (χ1) is 10.0. The van der Waals surface area contributed by atoms with Crippen LogP contribution in [0.5, 0.6) is 0 Å². The van der Waals surface area contributed by atoms with E-state index in [2.05, 4.69) is 0 Å². The van der Waals surface area contributed by atoms with Gasteiger partial charge in [-0.3, -0.25) is 9.59 Å². The molecule has 2 rings (SSSR count). The van der Waals surface area contributed by atoms with Gasteiger partial charge in [0.2, 0.25) is 5.91 Å². The lowest BCUT2D eigenvalue weighted by Crippen LogP contribution is -2.49. The van der Waals surface area contributed by atoms with Gasteiger partial charge in [-0.1, -0.05) is 19.8 Å². The van der Waals surface area contributed by atoms with Crippen LogP contribution in [0.4, 0.5) is 0 Å². The van der Waals surface area contributed by atoms with Crippen LogP contribution >= 0.6 is 0 Å². The van der Waals surface area contributed by atoms with Crippen LogP contribution in [0.15, 0.2) is 0 Å². The lowest BCUT2D eigenvalue weighted by molar-refractivity contribution is -0.156. The molecule has 1 aliphatic carbocycles. The van der Waals surface area contributed by atoms with Crippen molar-refractivity contribution in [1.29, 1.82) is 0 Å². The van der Waals surface area contributed by atoms with Crippen LogP contribution < -0.4 is 5.73 Å². The third-order valence-corrected chi connectivity index (χ3v) is 5.49. The number of aliphatic carboxylic acids is 1. The fourth-order valence-corrected chi connectivity index (χ4v) is 4.08. The maximum atomic E-state index is 12.6. The quantitative estimate of drug-likeness (QED) is 0.811. The second-order valence-electron chi connectivity index (χ2n) is 6.69. The number of hydrogen-bond acceptors (Lipinski definition) is 3. The number of amides is 1. The Morgan fingerprint density at radius 1 is 1.29 bits per heavy atom. The van der Waals surface area contributed by atoms with Crippen LogP contribution in [0.1, 0.15) is 51.9 Å². The lowest BCUT2D eigenvalue weighted by atomic mass is 9.74. The van der Waals surface area contributed by atoms with Crippen molar-refractivity contribution in [3.63, 3.8) is 0 Å². The van der Waals surface area contributed by atoms with E-state index in [0.717, 1.165) is 25.7 Å². The summed E-state index contributed by atoms with van der Waals surface area (Å²) in [4.78, 5) is 26.1. The minimum atomic E-state index is -0.697. The van der Waals surface area contributed by atoms with Gasteiger partial charge in [0.1, 0.15) is 0 Å². The van der Waals surface area contributed by atoms with Crippen molar-refractivity contribution in [3.05, 3.63) is 0 Å². The molecular weight excluding hydrogens is 268 g/mol. The number of carbonyl (C=O) groups is 2. The molecule has 1 saturated carbocycles. The van der Waals surface area contributed by atoms with E-state index in [1.807, 2.05) is 11.8 Å². The van der Waals surface area contributed by atoms with Crippen molar-refractivity contribution in [2.24, 2.45) is 23.0 Å². The van der Waals surface area contributed by atoms with E-state index >= 15 is 0 Å². The highest BCUT2D eigenvalue weighted by atomic mass is 16.4. The molecule has 3 N–H and O–H groups in total. The van der Waals surface area contributed by atoms with E-state index in [-0.39, 0.29) is 11.8 Å². The molecule has 5 nitrogen and oxygen atoms in total. The molecule has 1 aliphatic heterocycles. The predicted molar refractivity (Wildman–Crippen MR) is 80.7 cm³/mol. The molecule has 2 unspecified atom stereocenters. The van der Waals surface area contributed by atoms with E-state index < -0.39 is 11.4 Å². The second-order valence-corrected chi connectivity index (χ2v) is 6.69. The maximum Gasteiger partial charge on any atom is 0.309 e. The smallest absolute Gasteiger partial charge is 0.309 e. The summed E-state index contributed by atoms with van der Waals surface area (Å²) >= 11 is 0. The fourth-order valence-electron chi connectivity index (χ4n) is 4.08. The minimum absolute atomic E-state index is 0.0681. The van der Waals surface area contributed by atoms with Crippen molar-refractivity contribution >= 4 is 11.9 Å². The molecule has 2 atom stereocenters. The Balaban J connectivity index is 1.97. The molecule has 2 fully saturated rings. The molecule has 120 valence electrons. The standard InChI is InChI=1S/C16H28N2O3/c1-2-6-16(15(20)21)7-9-18(10-8-16)14(19)13-5-3-4-12(13)11-17/h12-13H,2-11,17H2,1H3,(H,20,21). The Hall–Kier alpha value is -1.10. The third kappa shape index (κ3) is 3.23. The van der Waals surface area contributed by atoms with Crippen molar-refractivity contribution in [3.8, 4) is 0 Å². The molecule has 0 aromatic heterocycles. The number of likely N-dealkylation sites (tertiary alicyclic amines) is 1. The zero-order valence-corrected chi connectivity index (χ0v) is 13.0. The number of carbonyl (C=O) groups excluding carboxylic acids is 1. The molecule has 0 aromatic carbocycles. The summed E-state index contributed by atoms with van der Waals surface area (Å²) < 4.78 is 0. The van der Waals surface area contributed by atoms with E-state index in [4.69, 9.17) is 5.73 Å². The first-order valence-corrected chi connectivity index (χ1v) is 8.26. The second kappa shape index (κ2) is 6.77. The number of carboxylic acid groups (broad SMARTS) is 1. The Labute approximate surface area is 126 Å². The molecule has 0 radical (unpaired) electrons. The van der Waals surface area contributed by atoms with Crippen molar-refractivity contribution in [2.45, 2.75) is 51.9 Å². The van der Waals surface area contributed by atoms with E-state index in [9.17, 15) is 14.7 Å². The highest BCUT2D eigenvalue weighted by Gasteiger charge is 2.43. The maximum absolute atomic E-state index is 12.6. The summed E-state index contributed by atoms with van der Waals surface area (Å²) in [5, 5.41) is 9.52. The molecule has 1 amide bonds. The summed E-state index contributed by atoms with van der Waals surface area (Å²) in [5.41, 5.74) is 5.15. The number of nitrogens with two attached hydrogens (primary N) is 1. The van der Waals surface area contributed by atoms with E-state index in [0.29, 0.717) is 44.8 Å². The molecule has 0 bridgehead atoms. The normalized spacial score (nSPS) is 28.6. The average Bonchev–Trinajstić information content (AvgIpc) is 2.96. The first-order valence-electron chi connectivity index (χ1n) is 8.26. The zero-order valence-electron chi connectivity index (χ0n) is 13.0. The lowest BCUT2D eigenvalue weighted by Gasteiger charge is -2.40. The van der Waals surface area contributed by atoms with Crippen LogP contribution in [0.2, 0.25) is 0 Å². The monoisotopic (exact) mass is 296 g/mol. The molecule has 5 heteroatoms. The van der Waals surface area contributed by atoms with Crippen LogP contribution in [0.25, 0.3) is 0 Å². The third-order valence-electron chi connectivity index (χ3n) is 5.49. The van der Waals surface area contributed by atoms with Gasteiger partial charge in [-0.15, -0.1) is 0 Å². The van der Waals surface area contributed by atoms with Gasteiger partial charge in [0, 0.05) is 19.0 Å². The fraction of sp³-hybridized carbons (Fsp3) is 0.875. The van der Waals surface area contributed by atoms with Gasteiger partial charge in [-0.2, -0.15) is 0 Å². The molecular formula is C16H28N2O3. The van der Waals surface area contributed by atoms with Crippen molar-refractivity contribution < 1.29 is 14.7 Å². The summed E-state index contributed by atoms with van der Waals surface area (Å²) in [7, 11) is 0. The van der Waals surface area contributed by atoms with Gasteiger partial charge < -0.3 is 15.7 Å². The summed E-state index contributed by atoms with van der Waals surface area (Å²) in [6.45, 7) is 3.77. The zero-order chi connectivity index (χ0) is 15.5. The summed E-state index contributed by atoms with van der Waals surface area (Å²) in [6.07, 6.45) is 5.83. The molecule has 21 heavy (non-hydrogen) atoms. The van der Waals surface area contributed by atoms with Gasteiger partial charge in [-0.25, -0.2) is 0 Å². The molecule has 0 spiro atoms. The molecule has 0 aromatic rings. The average molecular weight is 296 g/mol. The first kappa shape index (κ1) is 16.3. The Morgan fingerprint density at radius 3 is 2.48 bits per heavy atom. The topological polar surface area (TPSA) is 83.6 Å². The van der Waals surface area contributed by atoms with Crippen molar-refractivity contribution in [2.75, 3.05) is 19.6 Å². The summed E-state index contributed by atoms with van der Waals surface area (Å²) in [6, 6.07) is 0. The van der Waals surface area contributed by atoms with Gasteiger partial charge in [0.25, 0.3) is 0 Å². The SMILES string of the molecule is CCCC1(C(=O)O)CCN(C(=O)C2CCCC2CN)CC1. The van der Waals surface area contributed by atoms with Gasteiger partial charge >= 0.3 is 5.97 Å². The van der Waals surface area contributed by atoms with Crippen LogP contribution in [-0.2, 0) is 9.59 Å². The molecule has 2 aliphatic rings. The largest absolute Gasteiger partial charge is 0.481 e. The molecule has 1 saturated heterocycles. The molecule has 1 heterocycles. The highest BCUT2D eigenvalue weighted by Crippen LogP contribution is 2.38. The number of nitrogens with zero attached hydrogens (tertiary/aromatic N) is 1. The summed E-state index contributed by atoms with van der Waals surface area (Å²) in [5.74, 6) is -0.103. The van der Waals surface area contributed by atoms with Gasteiger partial charge in [0.15, 0.2) is 0 Å². The Bertz CT molecular complexity index is 389. The number of piperidine rings is 1. The number of hydrogen-bond donors (Lipinski definition) is 2.